The summed E-state index contributed by atoms with van der Waals surface area (Å²) in [7, 11) is 0. The zero-order valence-electron chi connectivity index (χ0n) is 45.1. The van der Waals surface area contributed by atoms with Gasteiger partial charge in [-0.1, -0.05) is 282 Å². The number of esters is 1. The molecule has 6 heteroatoms. The third-order valence-corrected chi connectivity index (χ3v) is 14.0. The molecule has 0 saturated heterocycles. The van der Waals surface area contributed by atoms with Crippen LogP contribution in [0.4, 0.5) is 0 Å². The maximum atomic E-state index is 12.4. The third-order valence-electron chi connectivity index (χ3n) is 14.0. The lowest BCUT2D eigenvalue weighted by Crippen LogP contribution is -2.45. The molecule has 0 aliphatic carbocycles. The summed E-state index contributed by atoms with van der Waals surface area (Å²) < 4.78 is 5.49. The van der Waals surface area contributed by atoms with Crippen LogP contribution in [-0.2, 0) is 14.3 Å². The molecular formula is C61H117NO5. The highest BCUT2D eigenvalue weighted by atomic mass is 16.5. The average Bonchev–Trinajstić information content (AvgIpc) is 3.33. The predicted molar refractivity (Wildman–Crippen MR) is 292 cm³/mol. The molecule has 0 spiro atoms. The largest absolute Gasteiger partial charge is 0.466 e. The molecule has 0 aliphatic rings. The van der Waals surface area contributed by atoms with Crippen LogP contribution in [0.2, 0.25) is 0 Å². The van der Waals surface area contributed by atoms with Crippen LogP contribution in [0.1, 0.15) is 328 Å². The van der Waals surface area contributed by atoms with Gasteiger partial charge >= 0.3 is 5.97 Å². The molecule has 396 valence electrons. The highest BCUT2D eigenvalue weighted by molar-refractivity contribution is 5.76. The maximum Gasteiger partial charge on any atom is 0.305 e. The van der Waals surface area contributed by atoms with Gasteiger partial charge in [-0.3, -0.25) is 9.59 Å². The number of hydrogen-bond acceptors (Lipinski definition) is 5. The minimum absolute atomic E-state index is 0.00946. The molecule has 67 heavy (non-hydrogen) atoms. The van der Waals surface area contributed by atoms with Crippen LogP contribution in [0, 0.1) is 0 Å². The lowest BCUT2D eigenvalue weighted by molar-refractivity contribution is -0.143. The van der Waals surface area contributed by atoms with E-state index in [-0.39, 0.29) is 18.5 Å². The van der Waals surface area contributed by atoms with Crippen molar-refractivity contribution in [1.82, 2.24) is 5.32 Å². The van der Waals surface area contributed by atoms with E-state index in [9.17, 15) is 19.8 Å². The maximum absolute atomic E-state index is 12.4. The molecular weight excluding hydrogens is 827 g/mol. The van der Waals surface area contributed by atoms with Crippen LogP contribution >= 0.6 is 0 Å². The highest BCUT2D eigenvalue weighted by Crippen LogP contribution is 2.17. The fourth-order valence-electron chi connectivity index (χ4n) is 9.34. The third kappa shape index (κ3) is 53.5. The first kappa shape index (κ1) is 65.3. The molecule has 0 aliphatic heterocycles. The average molecular weight is 945 g/mol. The van der Waals surface area contributed by atoms with Crippen LogP contribution in [0.5, 0.6) is 0 Å². The van der Waals surface area contributed by atoms with Crippen LogP contribution in [0.3, 0.4) is 0 Å². The molecule has 0 heterocycles. The van der Waals surface area contributed by atoms with Crippen LogP contribution in [0.25, 0.3) is 0 Å². The van der Waals surface area contributed by atoms with Gasteiger partial charge in [-0.25, -0.2) is 0 Å². The van der Waals surface area contributed by atoms with Gasteiger partial charge in [-0.15, -0.1) is 0 Å². The van der Waals surface area contributed by atoms with E-state index in [1.807, 2.05) is 6.08 Å². The van der Waals surface area contributed by atoms with Crippen molar-refractivity contribution in [2.75, 3.05) is 13.2 Å². The first-order valence-corrected chi connectivity index (χ1v) is 30.1. The molecule has 0 saturated carbocycles. The van der Waals surface area contributed by atoms with Crippen molar-refractivity contribution in [3.8, 4) is 0 Å². The second-order valence-corrected chi connectivity index (χ2v) is 20.7. The Morgan fingerprint density at radius 2 is 0.701 bits per heavy atom. The zero-order valence-corrected chi connectivity index (χ0v) is 45.1. The number of amides is 1. The van der Waals surface area contributed by atoms with E-state index in [0.717, 1.165) is 44.9 Å². The number of aliphatic hydroxyl groups excluding tert-OH is 2. The number of allylic oxidation sites excluding steroid dienone is 3. The predicted octanol–water partition coefficient (Wildman–Crippen LogP) is 18.6. The Hall–Kier alpha value is -1.66. The number of ether oxygens (including phenoxy) is 1. The number of rotatable bonds is 56. The van der Waals surface area contributed by atoms with E-state index in [1.54, 1.807) is 6.08 Å². The fraction of sp³-hybridized carbons (Fsp3) is 0.902. The minimum Gasteiger partial charge on any atom is -0.466 e. The molecule has 2 atom stereocenters. The summed E-state index contributed by atoms with van der Waals surface area (Å²) in [6.07, 6.45) is 69.3. The molecule has 0 aromatic carbocycles. The van der Waals surface area contributed by atoms with Crippen LogP contribution in [-0.4, -0.2) is 47.4 Å². The summed E-state index contributed by atoms with van der Waals surface area (Å²) in [5.41, 5.74) is 0. The molecule has 3 N–H and O–H groups in total. The number of carbonyl (C=O) groups is 2. The Morgan fingerprint density at radius 1 is 0.403 bits per heavy atom. The van der Waals surface area contributed by atoms with Crippen molar-refractivity contribution >= 4 is 11.9 Å². The van der Waals surface area contributed by atoms with E-state index in [1.165, 1.54) is 257 Å². The van der Waals surface area contributed by atoms with E-state index in [2.05, 4.69) is 31.3 Å². The number of aliphatic hydroxyl groups is 2. The summed E-state index contributed by atoms with van der Waals surface area (Å²) in [4.78, 5) is 24.5. The topological polar surface area (TPSA) is 95.9 Å². The van der Waals surface area contributed by atoms with E-state index >= 15 is 0 Å². The molecule has 0 aromatic heterocycles. The first-order chi connectivity index (χ1) is 33.0. The molecule has 0 rings (SSSR count). The number of hydrogen-bond donors (Lipinski definition) is 3. The van der Waals surface area contributed by atoms with E-state index in [4.69, 9.17) is 4.74 Å². The van der Waals surface area contributed by atoms with Gasteiger partial charge in [0.25, 0.3) is 0 Å². The van der Waals surface area contributed by atoms with Gasteiger partial charge in [0.1, 0.15) is 0 Å². The number of nitrogens with one attached hydrogen (secondary N) is 1. The van der Waals surface area contributed by atoms with Gasteiger partial charge in [0.2, 0.25) is 5.91 Å². The van der Waals surface area contributed by atoms with Gasteiger partial charge in [-0.2, -0.15) is 0 Å². The van der Waals surface area contributed by atoms with Gasteiger partial charge in [0.15, 0.2) is 0 Å². The summed E-state index contributed by atoms with van der Waals surface area (Å²) in [5, 5.41) is 23.0. The van der Waals surface area contributed by atoms with Crippen LogP contribution in [0.15, 0.2) is 24.3 Å². The van der Waals surface area contributed by atoms with E-state index in [0.29, 0.717) is 19.4 Å². The van der Waals surface area contributed by atoms with Gasteiger partial charge in [0, 0.05) is 12.8 Å². The second-order valence-electron chi connectivity index (χ2n) is 20.7. The Morgan fingerprint density at radius 3 is 1.06 bits per heavy atom. The lowest BCUT2D eigenvalue weighted by atomic mass is 10.0. The molecule has 0 aromatic rings. The monoisotopic (exact) mass is 944 g/mol. The molecule has 6 nitrogen and oxygen atoms in total. The van der Waals surface area contributed by atoms with E-state index < -0.39 is 12.1 Å². The van der Waals surface area contributed by atoms with Crippen molar-refractivity contribution in [1.29, 1.82) is 0 Å². The first-order valence-electron chi connectivity index (χ1n) is 30.1. The Balaban J connectivity index is 3.36. The van der Waals surface area contributed by atoms with Crippen molar-refractivity contribution < 1.29 is 24.5 Å². The van der Waals surface area contributed by atoms with Crippen molar-refractivity contribution in [3.63, 3.8) is 0 Å². The molecule has 0 fully saturated rings. The zero-order chi connectivity index (χ0) is 48.6. The summed E-state index contributed by atoms with van der Waals surface area (Å²) in [6.45, 7) is 4.90. The SMILES string of the molecule is CCCCCCCC/C=C\CCCCCCCCCC(=O)OCCCCCCCCCCCCCCCCCCCCCCCCC(=O)NC(CO)C(O)/C=C/CCCCCCCCCCC. The van der Waals surface area contributed by atoms with Crippen molar-refractivity contribution in [2.45, 2.75) is 341 Å². The molecule has 1 amide bonds. The lowest BCUT2D eigenvalue weighted by Gasteiger charge is -2.20. The number of unbranched alkanes of at least 4 members (excludes halogenated alkanes) is 43. The standard InChI is InChI=1S/C61H117NO5/c1-3-5-7-9-11-13-15-16-17-24-28-31-35-39-43-47-51-55-61(66)67-56-52-48-44-40-36-32-29-26-23-21-19-18-20-22-25-27-30-34-38-42-46-50-54-60(65)62-58(57-63)59(64)53-49-45-41-37-33-14-12-10-8-6-4-2/h16-17,49,53,58-59,63-64H,3-15,18-48,50-52,54-57H2,1-2H3,(H,62,65)/b17-16-,53-49+. The highest BCUT2D eigenvalue weighted by Gasteiger charge is 2.18. The summed E-state index contributed by atoms with van der Waals surface area (Å²) in [5.74, 6) is -0.0592. The van der Waals surface area contributed by atoms with Gasteiger partial charge < -0.3 is 20.3 Å². The summed E-state index contributed by atoms with van der Waals surface area (Å²) in [6, 6.07) is -0.626. The summed E-state index contributed by atoms with van der Waals surface area (Å²) >= 11 is 0. The Kier molecular flexibility index (Phi) is 55.5. The van der Waals surface area contributed by atoms with Gasteiger partial charge in [0.05, 0.1) is 25.4 Å². The minimum atomic E-state index is -0.843. The Labute approximate surface area is 418 Å². The molecule has 0 radical (unpaired) electrons. The molecule has 0 bridgehead atoms. The molecule has 2 unspecified atom stereocenters. The number of carbonyl (C=O) groups excluding carboxylic acids is 2. The van der Waals surface area contributed by atoms with Gasteiger partial charge in [-0.05, 0) is 57.8 Å². The second kappa shape index (κ2) is 56.9. The normalized spacial score (nSPS) is 12.7. The van der Waals surface area contributed by atoms with Crippen LogP contribution < -0.4 is 5.32 Å². The van der Waals surface area contributed by atoms with Crippen molar-refractivity contribution in [2.24, 2.45) is 0 Å². The smallest absolute Gasteiger partial charge is 0.305 e. The fourth-order valence-corrected chi connectivity index (χ4v) is 9.34. The quantitative estimate of drug-likeness (QED) is 0.0321. The van der Waals surface area contributed by atoms with Crippen molar-refractivity contribution in [3.05, 3.63) is 24.3 Å². The Bertz CT molecular complexity index is 1040.